The summed E-state index contributed by atoms with van der Waals surface area (Å²) in [5, 5.41) is 18.2. The van der Waals surface area contributed by atoms with Crippen LogP contribution in [0.15, 0.2) is 51.8 Å². The fourth-order valence-electron chi connectivity index (χ4n) is 2.69. The second-order valence-electron chi connectivity index (χ2n) is 5.91. The van der Waals surface area contributed by atoms with E-state index >= 15 is 0 Å². The van der Waals surface area contributed by atoms with E-state index in [1.54, 1.807) is 12.1 Å². The summed E-state index contributed by atoms with van der Waals surface area (Å²) in [5.41, 5.74) is 0.884. The second kappa shape index (κ2) is 8.41. The van der Waals surface area contributed by atoms with E-state index in [4.69, 9.17) is 21.7 Å². The van der Waals surface area contributed by atoms with Crippen molar-refractivity contribution in [1.82, 2.24) is 4.90 Å². The predicted molar refractivity (Wildman–Crippen MR) is 107 cm³/mol. The van der Waals surface area contributed by atoms with Crippen LogP contribution in [-0.2, 0) is 14.4 Å². The number of carbonyl (C=O) groups excluding carboxylic acids is 1. The van der Waals surface area contributed by atoms with Gasteiger partial charge in [-0.2, -0.15) is 0 Å². The summed E-state index contributed by atoms with van der Waals surface area (Å²) in [4.78, 5) is 36.2. The Hall–Kier alpha value is -2.91. The molecule has 1 aliphatic heterocycles. The molecule has 1 unspecified atom stereocenters. The van der Waals surface area contributed by atoms with E-state index in [0.717, 1.165) is 22.2 Å². The van der Waals surface area contributed by atoms with E-state index in [9.17, 15) is 19.5 Å². The highest BCUT2D eigenvalue weighted by Gasteiger charge is 2.40. The third-order valence-electron chi connectivity index (χ3n) is 4.01. The number of carbonyl (C=O) groups is 3. The van der Waals surface area contributed by atoms with Crippen molar-refractivity contribution in [1.29, 1.82) is 0 Å². The molecule has 0 aliphatic carbocycles. The third kappa shape index (κ3) is 4.32. The van der Waals surface area contributed by atoms with E-state index in [1.807, 2.05) is 30.3 Å². The van der Waals surface area contributed by atoms with Crippen molar-refractivity contribution in [3.8, 4) is 11.3 Å². The highest BCUT2D eigenvalue weighted by atomic mass is 32.2. The molecule has 1 aromatic carbocycles. The van der Waals surface area contributed by atoms with Gasteiger partial charge in [-0.15, -0.1) is 0 Å². The molecule has 2 heterocycles. The zero-order valence-electron chi connectivity index (χ0n) is 14.4. The van der Waals surface area contributed by atoms with E-state index in [0.29, 0.717) is 11.5 Å². The first-order valence-electron chi connectivity index (χ1n) is 8.23. The van der Waals surface area contributed by atoms with Gasteiger partial charge in [-0.25, -0.2) is 4.79 Å². The van der Waals surface area contributed by atoms with Crippen molar-refractivity contribution >= 4 is 52.2 Å². The molecule has 0 saturated carbocycles. The van der Waals surface area contributed by atoms with Gasteiger partial charge in [0.05, 0.1) is 4.91 Å². The van der Waals surface area contributed by atoms with Gasteiger partial charge in [0.15, 0.2) is 0 Å². The van der Waals surface area contributed by atoms with Gasteiger partial charge >= 0.3 is 11.9 Å². The van der Waals surface area contributed by atoms with Crippen molar-refractivity contribution in [2.45, 2.75) is 18.9 Å². The SMILES string of the molecule is O=C(O)CCC(C(=O)O)N1C(=O)/C(=C/c2ccc(-c3ccccc3)o2)SC1=S. The quantitative estimate of drug-likeness (QED) is 0.521. The number of nitrogens with zero attached hydrogens (tertiary/aromatic N) is 1. The minimum atomic E-state index is -1.33. The van der Waals surface area contributed by atoms with Crippen LogP contribution in [0.5, 0.6) is 0 Å². The molecular formula is C19H15NO6S2. The van der Waals surface area contributed by atoms with Crippen LogP contribution in [0.1, 0.15) is 18.6 Å². The van der Waals surface area contributed by atoms with Crippen molar-refractivity contribution in [3.05, 3.63) is 53.1 Å². The summed E-state index contributed by atoms with van der Waals surface area (Å²) >= 11 is 6.11. The first kappa shape index (κ1) is 19.8. The highest BCUT2D eigenvalue weighted by molar-refractivity contribution is 8.26. The molecule has 9 heteroatoms. The van der Waals surface area contributed by atoms with Crippen LogP contribution >= 0.6 is 24.0 Å². The van der Waals surface area contributed by atoms with E-state index in [-0.39, 0.29) is 22.1 Å². The first-order chi connectivity index (χ1) is 13.4. The van der Waals surface area contributed by atoms with Crippen LogP contribution in [0, 0.1) is 0 Å². The Morgan fingerprint density at radius 3 is 2.54 bits per heavy atom. The first-order valence-corrected chi connectivity index (χ1v) is 9.46. The summed E-state index contributed by atoms with van der Waals surface area (Å²) in [5.74, 6) is -1.96. The van der Waals surface area contributed by atoms with Crippen LogP contribution in [0.25, 0.3) is 17.4 Å². The average Bonchev–Trinajstić information content (AvgIpc) is 3.22. The normalized spacial score (nSPS) is 16.6. The molecule has 1 saturated heterocycles. The molecule has 1 aliphatic rings. The number of furan rings is 1. The van der Waals surface area contributed by atoms with E-state index < -0.39 is 23.9 Å². The lowest BCUT2D eigenvalue weighted by molar-refractivity contribution is -0.146. The minimum absolute atomic E-state index is 0.0730. The summed E-state index contributed by atoms with van der Waals surface area (Å²) in [7, 11) is 0. The number of benzene rings is 1. The molecule has 0 spiro atoms. The van der Waals surface area contributed by atoms with Gasteiger partial charge < -0.3 is 14.6 Å². The standard InChI is InChI=1S/C19H15NO6S2/c21-16(22)9-7-13(18(24)25)20-17(23)15(28-19(20)27)10-12-6-8-14(26-12)11-4-2-1-3-5-11/h1-6,8,10,13H,7,9H2,(H,21,22)(H,24,25)/b15-10-. The number of hydrogen-bond donors (Lipinski definition) is 2. The van der Waals surface area contributed by atoms with Crippen LogP contribution < -0.4 is 0 Å². The van der Waals surface area contributed by atoms with Gasteiger partial charge in [0, 0.05) is 18.1 Å². The number of thioether (sulfide) groups is 1. The molecule has 2 aromatic rings. The Balaban J connectivity index is 1.82. The zero-order valence-corrected chi connectivity index (χ0v) is 16.0. The molecule has 28 heavy (non-hydrogen) atoms. The largest absolute Gasteiger partial charge is 0.481 e. The number of hydrogen-bond acceptors (Lipinski definition) is 6. The second-order valence-corrected chi connectivity index (χ2v) is 7.58. The number of thiocarbonyl (C=S) groups is 1. The number of amides is 1. The third-order valence-corrected chi connectivity index (χ3v) is 5.34. The van der Waals surface area contributed by atoms with Gasteiger partial charge in [-0.3, -0.25) is 14.5 Å². The summed E-state index contributed by atoms with van der Waals surface area (Å²) < 4.78 is 5.81. The maximum Gasteiger partial charge on any atom is 0.326 e. The van der Waals surface area contributed by atoms with Gasteiger partial charge in [0.25, 0.3) is 5.91 Å². The maximum absolute atomic E-state index is 12.7. The Bertz CT molecular complexity index is 966. The molecule has 1 amide bonds. The van der Waals surface area contributed by atoms with Crippen LogP contribution in [0.4, 0.5) is 0 Å². The highest BCUT2D eigenvalue weighted by Crippen LogP contribution is 2.35. The Morgan fingerprint density at radius 2 is 1.89 bits per heavy atom. The number of carboxylic acid groups (broad SMARTS) is 2. The van der Waals surface area contributed by atoms with Gasteiger partial charge in [-0.05, 0) is 18.6 Å². The number of rotatable bonds is 7. The Labute approximate surface area is 169 Å². The van der Waals surface area contributed by atoms with Crippen LogP contribution in [-0.4, -0.2) is 43.3 Å². The smallest absolute Gasteiger partial charge is 0.326 e. The fourth-order valence-corrected chi connectivity index (χ4v) is 4.03. The van der Waals surface area contributed by atoms with Crippen molar-refractivity contribution in [3.63, 3.8) is 0 Å². The fraction of sp³-hybridized carbons (Fsp3) is 0.158. The monoisotopic (exact) mass is 417 g/mol. The Morgan fingerprint density at radius 1 is 1.18 bits per heavy atom. The summed E-state index contributed by atoms with van der Waals surface area (Å²) in [6, 6.07) is 11.6. The van der Waals surface area contributed by atoms with E-state index in [1.165, 1.54) is 6.08 Å². The molecule has 7 nitrogen and oxygen atoms in total. The molecule has 3 rings (SSSR count). The molecule has 0 bridgehead atoms. The van der Waals surface area contributed by atoms with Crippen molar-refractivity contribution in [2.75, 3.05) is 0 Å². The lowest BCUT2D eigenvalue weighted by atomic mass is 10.1. The minimum Gasteiger partial charge on any atom is -0.481 e. The molecule has 144 valence electrons. The zero-order chi connectivity index (χ0) is 20.3. The molecule has 1 aromatic heterocycles. The molecule has 2 N–H and O–H groups in total. The summed E-state index contributed by atoms with van der Waals surface area (Å²) in [6.45, 7) is 0. The predicted octanol–water partition coefficient (Wildman–Crippen LogP) is 3.47. The molecule has 1 fully saturated rings. The lowest BCUT2D eigenvalue weighted by Gasteiger charge is -2.22. The molecule has 1 atom stereocenters. The van der Waals surface area contributed by atoms with Gasteiger partial charge in [-0.1, -0.05) is 54.3 Å². The lowest BCUT2D eigenvalue weighted by Crippen LogP contribution is -2.44. The molecular weight excluding hydrogens is 402 g/mol. The van der Waals surface area contributed by atoms with Gasteiger partial charge in [0.1, 0.15) is 21.9 Å². The average molecular weight is 417 g/mol. The number of carboxylic acids is 2. The molecule has 0 radical (unpaired) electrons. The topological polar surface area (TPSA) is 108 Å². The number of aliphatic carboxylic acids is 2. The van der Waals surface area contributed by atoms with Crippen molar-refractivity contribution in [2.24, 2.45) is 0 Å². The maximum atomic E-state index is 12.7. The summed E-state index contributed by atoms with van der Waals surface area (Å²) in [6.07, 6.45) is 0.886. The van der Waals surface area contributed by atoms with Crippen LogP contribution in [0.3, 0.4) is 0 Å². The van der Waals surface area contributed by atoms with Crippen LogP contribution in [0.2, 0.25) is 0 Å². The van der Waals surface area contributed by atoms with Gasteiger partial charge in [0.2, 0.25) is 0 Å². The Kier molecular flexibility index (Phi) is 5.96. The van der Waals surface area contributed by atoms with Crippen molar-refractivity contribution < 1.29 is 29.0 Å². The van der Waals surface area contributed by atoms with E-state index in [2.05, 4.69) is 0 Å².